The Labute approximate surface area is 136 Å². The number of esters is 1. The standard InChI is InChI=1S/C18H13FO5/c1-22-16-7-6-11(8-13(16)19)10-23-18(21)17-9-14(20)12-4-2-3-5-15(12)24-17/h2-9H,10H2,1H3. The van der Waals surface area contributed by atoms with Gasteiger partial charge in [-0.3, -0.25) is 4.79 Å². The monoisotopic (exact) mass is 328 g/mol. The van der Waals surface area contributed by atoms with E-state index in [1.165, 1.54) is 19.2 Å². The number of halogens is 1. The Bertz CT molecular complexity index is 961. The van der Waals surface area contributed by atoms with Crippen molar-refractivity contribution in [1.29, 1.82) is 0 Å². The van der Waals surface area contributed by atoms with Crippen LogP contribution in [0.25, 0.3) is 11.0 Å². The van der Waals surface area contributed by atoms with Gasteiger partial charge < -0.3 is 13.9 Å². The lowest BCUT2D eigenvalue weighted by atomic mass is 10.2. The summed E-state index contributed by atoms with van der Waals surface area (Å²) in [5, 5.41) is 0.381. The van der Waals surface area contributed by atoms with Crippen LogP contribution in [0.1, 0.15) is 16.1 Å². The van der Waals surface area contributed by atoms with E-state index in [1.807, 2.05) is 0 Å². The van der Waals surface area contributed by atoms with Crippen molar-refractivity contribution in [3.05, 3.63) is 75.9 Å². The minimum absolute atomic E-state index is 0.102. The number of para-hydroxylation sites is 1. The van der Waals surface area contributed by atoms with Gasteiger partial charge in [0.05, 0.1) is 12.5 Å². The Morgan fingerprint density at radius 2 is 1.96 bits per heavy atom. The normalized spacial score (nSPS) is 10.6. The van der Waals surface area contributed by atoms with Crippen LogP contribution in [0.15, 0.2) is 57.7 Å². The number of carbonyl (C=O) groups is 1. The van der Waals surface area contributed by atoms with E-state index < -0.39 is 11.8 Å². The van der Waals surface area contributed by atoms with E-state index in [9.17, 15) is 14.0 Å². The molecule has 0 aliphatic heterocycles. The second kappa shape index (κ2) is 6.54. The SMILES string of the molecule is COc1ccc(COC(=O)c2cc(=O)c3ccccc3o2)cc1F. The molecule has 0 saturated heterocycles. The maximum atomic E-state index is 13.6. The van der Waals surface area contributed by atoms with Gasteiger partial charge >= 0.3 is 5.97 Å². The Balaban J connectivity index is 1.78. The van der Waals surface area contributed by atoms with Crippen molar-refractivity contribution in [1.82, 2.24) is 0 Å². The topological polar surface area (TPSA) is 65.7 Å². The lowest BCUT2D eigenvalue weighted by Crippen LogP contribution is -2.10. The van der Waals surface area contributed by atoms with Gasteiger partial charge in [0.1, 0.15) is 12.2 Å². The van der Waals surface area contributed by atoms with E-state index >= 15 is 0 Å². The largest absolute Gasteiger partial charge is 0.494 e. The molecule has 5 nitrogen and oxygen atoms in total. The maximum Gasteiger partial charge on any atom is 0.374 e. The van der Waals surface area contributed by atoms with Gasteiger partial charge in [0.2, 0.25) is 5.76 Å². The number of hydrogen-bond acceptors (Lipinski definition) is 5. The molecule has 0 unspecified atom stereocenters. The smallest absolute Gasteiger partial charge is 0.374 e. The number of rotatable bonds is 4. The number of hydrogen-bond donors (Lipinski definition) is 0. The molecule has 1 aromatic heterocycles. The zero-order valence-corrected chi connectivity index (χ0v) is 12.7. The molecule has 3 aromatic rings. The first-order valence-electron chi connectivity index (χ1n) is 7.11. The van der Waals surface area contributed by atoms with E-state index in [2.05, 4.69) is 0 Å². The third-order valence-corrected chi connectivity index (χ3v) is 3.42. The van der Waals surface area contributed by atoms with Crippen LogP contribution in [-0.4, -0.2) is 13.1 Å². The summed E-state index contributed by atoms with van der Waals surface area (Å²) >= 11 is 0. The second-order valence-corrected chi connectivity index (χ2v) is 5.02. The summed E-state index contributed by atoms with van der Waals surface area (Å²) in [5.41, 5.74) is 0.413. The molecule has 3 rings (SSSR count). The lowest BCUT2D eigenvalue weighted by Gasteiger charge is -2.07. The summed E-state index contributed by atoms with van der Waals surface area (Å²) in [6, 6.07) is 11.9. The number of ether oxygens (including phenoxy) is 2. The van der Waals surface area contributed by atoms with Gasteiger partial charge in [-0.2, -0.15) is 0 Å². The number of carbonyl (C=O) groups excluding carboxylic acids is 1. The molecular weight excluding hydrogens is 315 g/mol. The molecule has 1 heterocycles. The second-order valence-electron chi connectivity index (χ2n) is 5.02. The van der Waals surface area contributed by atoms with E-state index in [0.29, 0.717) is 16.5 Å². The molecule has 0 spiro atoms. The highest BCUT2D eigenvalue weighted by atomic mass is 19.1. The predicted octanol–water partition coefficient (Wildman–Crippen LogP) is 3.30. The molecule has 0 bridgehead atoms. The molecule has 0 amide bonds. The van der Waals surface area contributed by atoms with E-state index in [-0.39, 0.29) is 23.5 Å². The highest BCUT2D eigenvalue weighted by Gasteiger charge is 2.14. The average Bonchev–Trinajstić information content (AvgIpc) is 2.59. The molecule has 0 aliphatic rings. The van der Waals surface area contributed by atoms with Crippen LogP contribution in [0, 0.1) is 5.82 Å². The van der Waals surface area contributed by atoms with E-state index in [0.717, 1.165) is 6.07 Å². The van der Waals surface area contributed by atoms with Crippen LogP contribution < -0.4 is 10.2 Å². The molecule has 0 fully saturated rings. The quantitative estimate of drug-likeness (QED) is 0.688. The molecule has 0 saturated carbocycles. The zero-order chi connectivity index (χ0) is 17.1. The van der Waals surface area contributed by atoms with Crippen molar-refractivity contribution in [3.8, 4) is 5.75 Å². The van der Waals surface area contributed by atoms with Crippen molar-refractivity contribution in [2.24, 2.45) is 0 Å². The number of fused-ring (bicyclic) bond motifs is 1. The van der Waals surface area contributed by atoms with Crippen molar-refractivity contribution in [2.75, 3.05) is 7.11 Å². The van der Waals surface area contributed by atoms with Crippen LogP contribution in [0.3, 0.4) is 0 Å². The van der Waals surface area contributed by atoms with Gasteiger partial charge in [0.25, 0.3) is 0 Å². The number of benzene rings is 2. The van der Waals surface area contributed by atoms with Gasteiger partial charge in [-0.1, -0.05) is 18.2 Å². The third kappa shape index (κ3) is 3.12. The Kier molecular flexibility index (Phi) is 4.29. The fourth-order valence-electron chi connectivity index (χ4n) is 2.22. The predicted molar refractivity (Wildman–Crippen MR) is 84.6 cm³/mol. The zero-order valence-electron chi connectivity index (χ0n) is 12.7. The van der Waals surface area contributed by atoms with Crippen molar-refractivity contribution in [2.45, 2.75) is 6.61 Å². The molecule has 2 aromatic carbocycles. The molecule has 6 heteroatoms. The van der Waals surface area contributed by atoms with Crippen LogP contribution >= 0.6 is 0 Å². The fourth-order valence-corrected chi connectivity index (χ4v) is 2.22. The highest BCUT2D eigenvalue weighted by Crippen LogP contribution is 2.19. The van der Waals surface area contributed by atoms with Crippen LogP contribution in [-0.2, 0) is 11.3 Å². The minimum Gasteiger partial charge on any atom is -0.494 e. The Morgan fingerprint density at radius 1 is 1.17 bits per heavy atom. The maximum absolute atomic E-state index is 13.6. The van der Waals surface area contributed by atoms with Crippen LogP contribution in [0.5, 0.6) is 5.75 Å². The van der Waals surface area contributed by atoms with Gasteiger partial charge in [0, 0.05) is 6.07 Å². The fraction of sp³-hybridized carbons (Fsp3) is 0.111. The molecule has 0 radical (unpaired) electrons. The van der Waals surface area contributed by atoms with Gasteiger partial charge in [0.15, 0.2) is 17.0 Å². The molecule has 0 atom stereocenters. The Morgan fingerprint density at radius 3 is 2.71 bits per heavy atom. The van der Waals surface area contributed by atoms with Crippen molar-refractivity contribution < 1.29 is 23.1 Å². The first kappa shape index (κ1) is 15.7. The summed E-state index contributed by atoms with van der Waals surface area (Å²) in [7, 11) is 1.36. The lowest BCUT2D eigenvalue weighted by molar-refractivity contribution is 0.0436. The minimum atomic E-state index is -0.797. The Hall–Kier alpha value is -3.15. The molecule has 0 N–H and O–H groups in total. The third-order valence-electron chi connectivity index (χ3n) is 3.42. The molecule has 24 heavy (non-hydrogen) atoms. The highest BCUT2D eigenvalue weighted by molar-refractivity contribution is 5.88. The number of methoxy groups -OCH3 is 1. The van der Waals surface area contributed by atoms with Crippen LogP contribution in [0.2, 0.25) is 0 Å². The molecule has 0 aliphatic carbocycles. The van der Waals surface area contributed by atoms with E-state index in [1.54, 1.807) is 30.3 Å². The summed E-state index contributed by atoms with van der Waals surface area (Å²) in [4.78, 5) is 24.0. The summed E-state index contributed by atoms with van der Waals surface area (Å²) < 4.78 is 28.9. The summed E-state index contributed by atoms with van der Waals surface area (Å²) in [6.45, 7) is -0.156. The van der Waals surface area contributed by atoms with E-state index in [4.69, 9.17) is 13.9 Å². The first-order chi connectivity index (χ1) is 11.6. The molecule has 122 valence electrons. The first-order valence-corrected chi connectivity index (χ1v) is 7.11. The van der Waals surface area contributed by atoms with Gasteiger partial charge in [-0.05, 0) is 29.8 Å². The molecular formula is C18H13FO5. The van der Waals surface area contributed by atoms with Gasteiger partial charge in [-0.25, -0.2) is 9.18 Å². The average molecular weight is 328 g/mol. The summed E-state index contributed by atoms with van der Waals surface area (Å²) in [5.74, 6) is -1.45. The van der Waals surface area contributed by atoms with Crippen molar-refractivity contribution in [3.63, 3.8) is 0 Å². The van der Waals surface area contributed by atoms with Gasteiger partial charge in [-0.15, -0.1) is 0 Å². The summed E-state index contributed by atoms with van der Waals surface area (Å²) in [6.07, 6.45) is 0. The van der Waals surface area contributed by atoms with Crippen molar-refractivity contribution >= 4 is 16.9 Å². The van der Waals surface area contributed by atoms with Crippen LogP contribution in [0.4, 0.5) is 4.39 Å².